The van der Waals surface area contributed by atoms with Gasteiger partial charge in [-0.2, -0.15) is 0 Å². The molecule has 0 radical (unpaired) electrons. The Hall–Kier alpha value is -4.30. The average molecular weight is 558 g/mol. The summed E-state index contributed by atoms with van der Waals surface area (Å²) in [7, 11) is 2.15. The van der Waals surface area contributed by atoms with Gasteiger partial charge in [-0.05, 0) is 91.5 Å². The Bertz CT molecular complexity index is 1660. The SMILES string of the molecule is CN1C2CC(NCc3ccc(-c4ccc5ncnc(Nc6ccc(Oc7ccccc7)cc6)c5c4)cc3)CC1C(O)C2. The van der Waals surface area contributed by atoms with Gasteiger partial charge in [-0.15, -0.1) is 0 Å². The van der Waals surface area contributed by atoms with Gasteiger partial charge in [0, 0.05) is 35.7 Å². The maximum Gasteiger partial charge on any atom is 0.141 e. The van der Waals surface area contributed by atoms with Gasteiger partial charge in [0.15, 0.2) is 0 Å². The van der Waals surface area contributed by atoms with Crippen molar-refractivity contribution in [2.45, 2.75) is 50.0 Å². The fourth-order valence-electron chi connectivity index (χ4n) is 6.39. The Morgan fingerprint density at radius 3 is 2.38 bits per heavy atom. The third kappa shape index (κ3) is 5.59. The monoisotopic (exact) mass is 557 g/mol. The van der Waals surface area contributed by atoms with Crippen LogP contribution in [0.25, 0.3) is 22.0 Å². The van der Waals surface area contributed by atoms with Crippen molar-refractivity contribution >= 4 is 22.4 Å². The van der Waals surface area contributed by atoms with E-state index in [1.165, 1.54) is 5.56 Å². The van der Waals surface area contributed by atoms with Gasteiger partial charge in [-0.25, -0.2) is 9.97 Å². The summed E-state index contributed by atoms with van der Waals surface area (Å²) in [6.07, 6.45) is 4.42. The van der Waals surface area contributed by atoms with Crippen LogP contribution in [0.2, 0.25) is 0 Å². The zero-order chi connectivity index (χ0) is 28.5. The van der Waals surface area contributed by atoms with Crippen molar-refractivity contribution in [2.75, 3.05) is 12.4 Å². The van der Waals surface area contributed by atoms with Crippen LogP contribution >= 0.6 is 0 Å². The van der Waals surface area contributed by atoms with Crippen LogP contribution in [0.5, 0.6) is 11.5 Å². The minimum Gasteiger partial charge on any atom is -0.457 e. The number of hydrogen-bond acceptors (Lipinski definition) is 7. The van der Waals surface area contributed by atoms with Crippen LogP contribution in [-0.4, -0.2) is 51.3 Å². The molecule has 2 aliphatic rings. The molecule has 2 aliphatic heterocycles. The molecule has 4 aromatic carbocycles. The van der Waals surface area contributed by atoms with Crippen LogP contribution in [0, 0.1) is 0 Å². The van der Waals surface area contributed by atoms with Gasteiger partial charge in [0.1, 0.15) is 23.6 Å². The number of benzene rings is 4. The number of fused-ring (bicyclic) bond motifs is 3. The van der Waals surface area contributed by atoms with E-state index in [0.29, 0.717) is 12.1 Å². The standard InChI is InChI=1S/C35H35N5O2/c1-40-28-18-27(19-33(40)34(41)20-28)36-21-23-7-9-24(10-8-23)25-11-16-32-31(17-25)35(38-22-37-32)39-26-12-14-30(15-13-26)42-29-5-3-2-4-6-29/h2-17,22,27-28,33-34,36,41H,18-21H2,1H3,(H,37,38,39). The first-order valence-corrected chi connectivity index (χ1v) is 14.7. The van der Waals surface area contributed by atoms with E-state index in [2.05, 4.69) is 68.9 Å². The molecule has 1 aromatic heterocycles. The zero-order valence-electron chi connectivity index (χ0n) is 23.6. The molecule has 5 aromatic rings. The lowest BCUT2D eigenvalue weighted by atomic mass is 9.97. The number of likely N-dealkylation sites (N-methyl/N-ethyl adjacent to an activating group) is 1. The number of rotatable bonds is 8. The van der Waals surface area contributed by atoms with Crippen molar-refractivity contribution in [1.82, 2.24) is 20.2 Å². The number of piperidine rings is 1. The summed E-state index contributed by atoms with van der Waals surface area (Å²) in [6.45, 7) is 0.832. The van der Waals surface area contributed by atoms with Crippen molar-refractivity contribution in [3.05, 3.63) is 109 Å². The Morgan fingerprint density at radius 1 is 0.833 bits per heavy atom. The van der Waals surface area contributed by atoms with Gasteiger partial charge in [0.25, 0.3) is 0 Å². The highest BCUT2D eigenvalue weighted by Gasteiger charge is 2.43. The number of ether oxygens (including phenoxy) is 1. The summed E-state index contributed by atoms with van der Waals surface area (Å²) in [5.74, 6) is 2.34. The number of nitrogens with zero attached hydrogens (tertiary/aromatic N) is 3. The molecule has 0 amide bonds. The van der Waals surface area contributed by atoms with E-state index < -0.39 is 0 Å². The lowest BCUT2D eigenvalue weighted by Gasteiger charge is -2.37. The number of aliphatic hydroxyl groups is 1. The van der Waals surface area contributed by atoms with Gasteiger partial charge in [-0.3, -0.25) is 4.90 Å². The number of hydrogen-bond donors (Lipinski definition) is 3. The van der Waals surface area contributed by atoms with Crippen LogP contribution < -0.4 is 15.4 Å². The molecule has 0 spiro atoms. The van der Waals surface area contributed by atoms with E-state index in [0.717, 1.165) is 70.8 Å². The Kier molecular flexibility index (Phi) is 7.30. The summed E-state index contributed by atoms with van der Waals surface area (Å²) in [4.78, 5) is 11.4. The first-order valence-electron chi connectivity index (χ1n) is 14.7. The van der Waals surface area contributed by atoms with Gasteiger partial charge >= 0.3 is 0 Å². The number of aromatic nitrogens is 2. The maximum absolute atomic E-state index is 10.3. The van der Waals surface area contributed by atoms with E-state index in [1.54, 1.807) is 6.33 Å². The highest BCUT2D eigenvalue weighted by molar-refractivity contribution is 5.93. The highest BCUT2D eigenvalue weighted by atomic mass is 16.5. The molecule has 7 rings (SSSR count). The largest absolute Gasteiger partial charge is 0.457 e. The van der Waals surface area contributed by atoms with E-state index in [-0.39, 0.29) is 12.1 Å². The summed E-state index contributed by atoms with van der Waals surface area (Å²) >= 11 is 0. The molecule has 0 saturated carbocycles. The van der Waals surface area contributed by atoms with Gasteiger partial charge in [0.05, 0.1) is 11.6 Å². The molecule has 2 fully saturated rings. The molecule has 0 aliphatic carbocycles. The number of anilines is 2. The minimum atomic E-state index is -0.186. The van der Waals surface area contributed by atoms with Crippen molar-refractivity contribution in [3.8, 4) is 22.6 Å². The molecule has 42 heavy (non-hydrogen) atoms. The molecule has 212 valence electrons. The molecule has 7 heteroatoms. The quantitative estimate of drug-likeness (QED) is 0.200. The summed E-state index contributed by atoms with van der Waals surface area (Å²) < 4.78 is 5.92. The Balaban J connectivity index is 1.03. The van der Waals surface area contributed by atoms with Crippen molar-refractivity contribution < 1.29 is 9.84 Å². The zero-order valence-corrected chi connectivity index (χ0v) is 23.6. The normalized spacial score (nSPS) is 21.9. The molecular formula is C35H35N5O2. The van der Waals surface area contributed by atoms with Crippen LogP contribution in [0.1, 0.15) is 24.8 Å². The third-order valence-corrected chi connectivity index (χ3v) is 8.75. The first kappa shape index (κ1) is 26.6. The van der Waals surface area contributed by atoms with E-state index in [1.807, 2.05) is 60.7 Å². The fraction of sp³-hybridized carbons (Fsp3) is 0.257. The Morgan fingerprint density at radius 2 is 1.60 bits per heavy atom. The highest BCUT2D eigenvalue weighted by Crippen LogP contribution is 2.35. The van der Waals surface area contributed by atoms with Crippen molar-refractivity contribution in [1.29, 1.82) is 0 Å². The van der Waals surface area contributed by atoms with Crippen molar-refractivity contribution in [3.63, 3.8) is 0 Å². The fourth-order valence-corrected chi connectivity index (χ4v) is 6.39. The van der Waals surface area contributed by atoms with Gasteiger partial charge in [-0.1, -0.05) is 48.5 Å². The predicted molar refractivity (Wildman–Crippen MR) is 167 cm³/mol. The minimum absolute atomic E-state index is 0.186. The predicted octanol–water partition coefficient (Wildman–Crippen LogP) is 6.52. The van der Waals surface area contributed by atoms with E-state index in [4.69, 9.17) is 4.74 Å². The lowest BCUT2D eigenvalue weighted by molar-refractivity contribution is 0.0889. The van der Waals surface area contributed by atoms with Crippen LogP contribution in [-0.2, 0) is 6.54 Å². The lowest BCUT2D eigenvalue weighted by Crippen LogP contribution is -2.48. The molecule has 2 saturated heterocycles. The molecule has 4 unspecified atom stereocenters. The second-order valence-electron chi connectivity index (χ2n) is 11.5. The van der Waals surface area contributed by atoms with Gasteiger partial charge in [0.2, 0.25) is 0 Å². The Labute approximate surface area is 246 Å². The van der Waals surface area contributed by atoms with Crippen LogP contribution in [0.15, 0.2) is 103 Å². The second kappa shape index (κ2) is 11.5. The summed E-state index contributed by atoms with van der Waals surface area (Å²) in [6, 6.07) is 33.9. The van der Waals surface area contributed by atoms with Crippen LogP contribution in [0.4, 0.5) is 11.5 Å². The average Bonchev–Trinajstić information content (AvgIpc) is 3.17. The van der Waals surface area contributed by atoms with Crippen LogP contribution in [0.3, 0.4) is 0 Å². The molecule has 3 N–H and O–H groups in total. The second-order valence-corrected chi connectivity index (χ2v) is 11.5. The smallest absolute Gasteiger partial charge is 0.141 e. The molecular weight excluding hydrogens is 522 g/mol. The first-order chi connectivity index (χ1) is 20.6. The van der Waals surface area contributed by atoms with E-state index in [9.17, 15) is 5.11 Å². The number of nitrogens with one attached hydrogen (secondary N) is 2. The number of aliphatic hydroxyl groups excluding tert-OH is 1. The third-order valence-electron chi connectivity index (χ3n) is 8.75. The van der Waals surface area contributed by atoms with Crippen molar-refractivity contribution in [2.24, 2.45) is 0 Å². The molecule has 3 heterocycles. The van der Waals surface area contributed by atoms with E-state index >= 15 is 0 Å². The molecule has 4 atom stereocenters. The number of para-hydroxylation sites is 1. The maximum atomic E-state index is 10.3. The molecule has 2 bridgehead atoms. The summed E-state index contributed by atoms with van der Waals surface area (Å²) in [5, 5.41) is 18.5. The molecule has 7 nitrogen and oxygen atoms in total. The topological polar surface area (TPSA) is 82.5 Å². The van der Waals surface area contributed by atoms with Gasteiger partial charge < -0.3 is 20.5 Å². The summed E-state index contributed by atoms with van der Waals surface area (Å²) in [5.41, 5.74) is 5.34.